The minimum absolute atomic E-state index is 0.0273. The first-order chi connectivity index (χ1) is 9.45. The zero-order valence-corrected chi connectivity index (χ0v) is 10.6. The van der Waals surface area contributed by atoms with Crippen LogP contribution in [0.5, 0.6) is 0 Å². The van der Waals surface area contributed by atoms with E-state index in [-0.39, 0.29) is 12.6 Å². The number of aliphatic hydroxyl groups is 1. The number of aromatic amines is 1. The highest BCUT2D eigenvalue weighted by Gasteiger charge is 2.07. The number of hydrogen-bond donors (Lipinski definition) is 5. The number of nitrogens with one attached hydrogen (secondary N) is 1. The fourth-order valence-corrected chi connectivity index (χ4v) is 1.65. The van der Waals surface area contributed by atoms with E-state index in [0.29, 0.717) is 6.42 Å². The largest absolute Gasteiger partial charge is 0.473 e. The summed E-state index contributed by atoms with van der Waals surface area (Å²) in [5.41, 5.74) is 7.98. The third-order valence-corrected chi connectivity index (χ3v) is 2.57. The molecule has 1 atom stereocenters. The lowest BCUT2D eigenvalue weighted by Gasteiger charge is -2.05. The van der Waals surface area contributed by atoms with E-state index in [9.17, 15) is 0 Å². The molecule has 2 rings (SSSR count). The number of aliphatic carboxylic acids is 2. The molecule has 7 nitrogen and oxygen atoms in total. The molecule has 0 bridgehead atoms. The van der Waals surface area contributed by atoms with Gasteiger partial charge in [-0.3, -0.25) is 0 Å². The molecular formula is C13H16N2O5. The van der Waals surface area contributed by atoms with E-state index in [1.165, 1.54) is 10.9 Å². The molecule has 0 radical (unpaired) electrons. The van der Waals surface area contributed by atoms with Crippen LogP contribution in [0.1, 0.15) is 5.56 Å². The van der Waals surface area contributed by atoms with Crippen LogP contribution < -0.4 is 5.73 Å². The Hall–Kier alpha value is -2.38. The smallest absolute Gasteiger partial charge is 0.414 e. The Balaban J connectivity index is 0.000000286. The van der Waals surface area contributed by atoms with Gasteiger partial charge < -0.3 is 26.0 Å². The number of nitrogens with two attached hydrogens (primary N) is 1. The van der Waals surface area contributed by atoms with Gasteiger partial charge in [-0.15, -0.1) is 0 Å². The van der Waals surface area contributed by atoms with Crippen LogP contribution in [0.3, 0.4) is 0 Å². The lowest BCUT2D eigenvalue weighted by Crippen LogP contribution is -2.26. The van der Waals surface area contributed by atoms with Crippen LogP contribution in [0.25, 0.3) is 10.9 Å². The quantitative estimate of drug-likeness (QED) is 0.509. The predicted molar refractivity (Wildman–Crippen MR) is 72.3 cm³/mol. The van der Waals surface area contributed by atoms with Crippen LogP contribution in [-0.4, -0.2) is 44.9 Å². The van der Waals surface area contributed by atoms with E-state index < -0.39 is 11.9 Å². The number of aromatic nitrogens is 1. The molecule has 0 saturated heterocycles. The molecule has 7 heteroatoms. The number of carbonyl (C=O) groups is 2. The van der Waals surface area contributed by atoms with Gasteiger partial charge in [-0.2, -0.15) is 0 Å². The number of benzene rings is 1. The molecule has 0 unspecified atom stereocenters. The highest BCUT2D eigenvalue weighted by Crippen LogP contribution is 2.18. The van der Waals surface area contributed by atoms with Crippen molar-refractivity contribution in [2.75, 3.05) is 6.61 Å². The van der Waals surface area contributed by atoms with Crippen LogP contribution in [0, 0.1) is 0 Å². The third kappa shape index (κ3) is 4.38. The van der Waals surface area contributed by atoms with Gasteiger partial charge in [-0.05, 0) is 18.1 Å². The first-order valence-electron chi connectivity index (χ1n) is 5.83. The molecule has 1 heterocycles. The standard InChI is InChI=1S/C11H14N2O.C2H2O4/c12-9(7-14)5-8-6-13-11-4-2-1-3-10(8)11;3-1(4)2(5)6/h1-4,6,9,13-14H,5,7,12H2;(H,3,4)(H,5,6)/t9-;/m1./s1. The molecule has 6 N–H and O–H groups in total. The van der Waals surface area contributed by atoms with Gasteiger partial charge >= 0.3 is 11.9 Å². The molecule has 0 saturated carbocycles. The van der Waals surface area contributed by atoms with E-state index in [4.69, 9.17) is 30.6 Å². The van der Waals surface area contributed by atoms with Crippen molar-refractivity contribution in [2.45, 2.75) is 12.5 Å². The van der Waals surface area contributed by atoms with Crippen LogP contribution in [-0.2, 0) is 16.0 Å². The Morgan fingerprint density at radius 3 is 2.35 bits per heavy atom. The fraction of sp³-hybridized carbons (Fsp3) is 0.231. The molecule has 0 aliphatic heterocycles. The highest BCUT2D eigenvalue weighted by atomic mass is 16.4. The van der Waals surface area contributed by atoms with Gasteiger partial charge in [0.2, 0.25) is 0 Å². The molecule has 2 aromatic rings. The molecule has 0 aliphatic carbocycles. The summed E-state index contributed by atoms with van der Waals surface area (Å²) in [6.07, 6.45) is 2.67. The van der Waals surface area contributed by atoms with Gasteiger partial charge in [-0.1, -0.05) is 18.2 Å². The second kappa shape index (κ2) is 7.27. The van der Waals surface area contributed by atoms with E-state index in [1.807, 2.05) is 24.4 Å². The molecule has 1 aromatic heterocycles. The lowest BCUT2D eigenvalue weighted by atomic mass is 10.1. The monoisotopic (exact) mass is 280 g/mol. The van der Waals surface area contributed by atoms with Crippen LogP contribution in [0.4, 0.5) is 0 Å². The number of para-hydroxylation sites is 1. The average molecular weight is 280 g/mol. The summed E-state index contributed by atoms with van der Waals surface area (Å²) >= 11 is 0. The second-order valence-corrected chi connectivity index (χ2v) is 4.12. The first kappa shape index (κ1) is 15.7. The Morgan fingerprint density at radius 2 is 1.80 bits per heavy atom. The van der Waals surface area contributed by atoms with Crippen LogP contribution in [0.15, 0.2) is 30.5 Å². The van der Waals surface area contributed by atoms with Crippen molar-refractivity contribution >= 4 is 22.8 Å². The molecule has 0 spiro atoms. The molecule has 0 aliphatic rings. The first-order valence-corrected chi connectivity index (χ1v) is 5.83. The van der Waals surface area contributed by atoms with E-state index in [2.05, 4.69) is 11.1 Å². The van der Waals surface area contributed by atoms with Crippen molar-refractivity contribution in [1.82, 2.24) is 4.98 Å². The minimum atomic E-state index is -1.82. The number of rotatable bonds is 3. The summed E-state index contributed by atoms with van der Waals surface area (Å²) in [6, 6.07) is 7.92. The zero-order chi connectivity index (χ0) is 15.1. The van der Waals surface area contributed by atoms with E-state index >= 15 is 0 Å². The van der Waals surface area contributed by atoms with Gasteiger partial charge in [0, 0.05) is 23.1 Å². The molecule has 0 fully saturated rings. The maximum absolute atomic E-state index is 9.10. The van der Waals surface area contributed by atoms with Crippen molar-refractivity contribution in [3.05, 3.63) is 36.0 Å². The van der Waals surface area contributed by atoms with Crippen molar-refractivity contribution in [1.29, 1.82) is 0 Å². The Kier molecular flexibility index (Phi) is 5.70. The minimum Gasteiger partial charge on any atom is -0.473 e. The second-order valence-electron chi connectivity index (χ2n) is 4.12. The summed E-state index contributed by atoms with van der Waals surface area (Å²) in [5.74, 6) is -3.65. The van der Waals surface area contributed by atoms with Gasteiger partial charge in [0.15, 0.2) is 0 Å². The van der Waals surface area contributed by atoms with Crippen molar-refractivity contribution in [3.8, 4) is 0 Å². The summed E-state index contributed by atoms with van der Waals surface area (Å²) in [5, 5.41) is 24.8. The fourth-order valence-electron chi connectivity index (χ4n) is 1.65. The molecule has 108 valence electrons. The summed E-state index contributed by atoms with van der Waals surface area (Å²) in [4.78, 5) is 21.4. The topological polar surface area (TPSA) is 137 Å². The van der Waals surface area contributed by atoms with Gasteiger partial charge in [0.25, 0.3) is 0 Å². The van der Waals surface area contributed by atoms with Crippen LogP contribution >= 0.6 is 0 Å². The molecule has 1 aromatic carbocycles. The summed E-state index contributed by atoms with van der Waals surface area (Å²) < 4.78 is 0. The number of H-pyrrole nitrogens is 1. The van der Waals surface area contributed by atoms with E-state index in [1.54, 1.807) is 0 Å². The van der Waals surface area contributed by atoms with Gasteiger partial charge in [0.1, 0.15) is 0 Å². The third-order valence-electron chi connectivity index (χ3n) is 2.57. The zero-order valence-electron chi connectivity index (χ0n) is 10.6. The number of carboxylic acids is 2. The summed E-state index contributed by atoms with van der Waals surface area (Å²) in [7, 11) is 0. The summed E-state index contributed by atoms with van der Waals surface area (Å²) in [6.45, 7) is 0.0273. The number of hydrogen-bond acceptors (Lipinski definition) is 4. The molecule has 0 amide bonds. The maximum atomic E-state index is 9.10. The van der Waals surface area contributed by atoms with Crippen molar-refractivity contribution in [2.24, 2.45) is 5.73 Å². The van der Waals surface area contributed by atoms with Crippen molar-refractivity contribution < 1.29 is 24.9 Å². The van der Waals surface area contributed by atoms with Crippen LogP contribution in [0.2, 0.25) is 0 Å². The number of carboxylic acid groups (broad SMARTS) is 2. The normalized spacial score (nSPS) is 11.5. The Morgan fingerprint density at radius 1 is 1.20 bits per heavy atom. The van der Waals surface area contributed by atoms with E-state index in [0.717, 1.165) is 5.52 Å². The SMILES string of the molecule is N[C@@H](CO)Cc1c[nH]c2ccccc12.O=C(O)C(=O)O. The molecular weight excluding hydrogens is 264 g/mol. The number of fused-ring (bicyclic) bond motifs is 1. The lowest BCUT2D eigenvalue weighted by molar-refractivity contribution is -0.159. The average Bonchev–Trinajstić information content (AvgIpc) is 2.82. The van der Waals surface area contributed by atoms with Gasteiger partial charge in [-0.25, -0.2) is 9.59 Å². The number of aliphatic hydroxyl groups excluding tert-OH is 1. The van der Waals surface area contributed by atoms with Crippen molar-refractivity contribution in [3.63, 3.8) is 0 Å². The van der Waals surface area contributed by atoms with Gasteiger partial charge in [0.05, 0.1) is 6.61 Å². The Labute approximate surface area is 114 Å². The predicted octanol–water partition coefficient (Wildman–Crippen LogP) is 0.186. The Bertz CT molecular complexity index is 581. The highest BCUT2D eigenvalue weighted by molar-refractivity contribution is 6.27. The molecule has 20 heavy (non-hydrogen) atoms. The maximum Gasteiger partial charge on any atom is 0.414 e.